The molecule has 144 valence electrons. The van der Waals surface area contributed by atoms with E-state index in [0.717, 1.165) is 17.2 Å². The second kappa shape index (κ2) is 7.42. The molecule has 28 heavy (non-hydrogen) atoms. The summed E-state index contributed by atoms with van der Waals surface area (Å²) >= 11 is 0. The topological polar surface area (TPSA) is 0 Å². The van der Waals surface area contributed by atoms with Crippen molar-refractivity contribution in [2.45, 2.75) is 38.5 Å². The van der Waals surface area contributed by atoms with Crippen molar-refractivity contribution in [2.75, 3.05) is 0 Å². The highest BCUT2D eigenvalue weighted by atomic mass is 19.2. The van der Waals surface area contributed by atoms with Crippen molar-refractivity contribution < 1.29 is 17.6 Å². The molecule has 4 heteroatoms. The summed E-state index contributed by atoms with van der Waals surface area (Å²) in [7, 11) is 0. The zero-order valence-corrected chi connectivity index (χ0v) is 15.5. The van der Waals surface area contributed by atoms with Gasteiger partial charge in [0.1, 0.15) is 11.6 Å². The van der Waals surface area contributed by atoms with Crippen LogP contribution in [0.25, 0.3) is 11.1 Å². The van der Waals surface area contributed by atoms with Crippen LogP contribution in [0.2, 0.25) is 0 Å². The minimum atomic E-state index is -0.878. The molecular formula is C24H20F4. The predicted octanol–water partition coefficient (Wildman–Crippen LogP) is 6.74. The third kappa shape index (κ3) is 3.32. The molecule has 3 aromatic carbocycles. The van der Waals surface area contributed by atoms with Crippen LogP contribution in [0.3, 0.4) is 0 Å². The van der Waals surface area contributed by atoms with Gasteiger partial charge in [0.05, 0.1) is 0 Å². The van der Waals surface area contributed by atoms with E-state index in [1.807, 2.05) is 19.1 Å². The number of hydrogen-bond acceptors (Lipinski definition) is 0. The molecular weight excluding hydrogens is 364 g/mol. The highest BCUT2D eigenvalue weighted by molar-refractivity contribution is 5.66. The molecule has 3 aromatic rings. The second-order valence-corrected chi connectivity index (χ2v) is 7.35. The van der Waals surface area contributed by atoms with Crippen LogP contribution < -0.4 is 0 Å². The van der Waals surface area contributed by atoms with Crippen LogP contribution in [0.4, 0.5) is 17.6 Å². The average Bonchev–Trinajstić information content (AvgIpc) is 2.69. The Morgan fingerprint density at radius 2 is 1.61 bits per heavy atom. The van der Waals surface area contributed by atoms with E-state index in [2.05, 4.69) is 0 Å². The molecule has 0 saturated heterocycles. The Morgan fingerprint density at radius 1 is 0.857 bits per heavy atom. The maximum absolute atomic E-state index is 14.5. The van der Waals surface area contributed by atoms with Gasteiger partial charge in [-0.25, -0.2) is 17.6 Å². The highest BCUT2D eigenvalue weighted by Gasteiger charge is 2.26. The smallest absolute Gasteiger partial charge is 0.166 e. The molecule has 1 aliphatic rings. The Morgan fingerprint density at radius 3 is 2.32 bits per heavy atom. The van der Waals surface area contributed by atoms with Gasteiger partial charge in [-0.1, -0.05) is 37.3 Å². The Bertz CT molecular complexity index is 1020. The first-order chi connectivity index (χ1) is 13.5. The predicted molar refractivity (Wildman–Crippen MR) is 102 cm³/mol. The summed E-state index contributed by atoms with van der Waals surface area (Å²) in [6.45, 7) is 1.86. The molecule has 0 N–H and O–H groups in total. The number of benzene rings is 3. The molecule has 0 nitrogen and oxygen atoms in total. The first-order valence-electron chi connectivity index (χ1n) is 9.52. The molecule has 0 spiro atoms. The molecule has 1 atom stereocenters. The standard InChI is InChI=1S/C24H20F4/c1-2-14-10-21(26)23(22(27)11-14)18-9-7-15-12-17(8-6-16(15)13-18)19-4-3-5-20(25)24(19)28/h3-6,8,10-12,18H,2,7,9,13H2,1H3. The molecule has 1 unspecified atom stereocenters. The van der Waals surface area contributed by atoms with Crippen LogP contribution >= 0.6 is 0 Å². The number of fused-ring (bicyclic) bond motifs is 1. The fourth-order valence-electron chi connectivity index (χ4n) is 4.13. The van der Waals surface area contributed by atoms with Crippen LogP contribution in [-0.4, -0.2) is 0 Å². The van der Waals surface area contributed by atoms with Gasteiger partial charge in [-0.15, -0.1) is 0 Å². The highest BCUT2D eigenvalue weighted by Crippen LogP contribution is 2.37. The van der Waals surface area contributed by atoms with Gasteiger partial charge in [-0.3, -0.25) is 0 Å². The number of hydrogen-bond donors (Lipinski definition) is 0. The van der Waals surface area contributed by atoms with Gasteiger partial charge in [0.2, 0.25) is 0 Å². The van der Waals surface area contributed by atoms with Gasteiger partial charge in [0, 0.05) is 11.1 Å². The maximum atomic E-state index is 14.5. The lowest BCUT2D eigenvalue weighted by molar-refractivity contribution is 0.490. The van der Waals surface area contributed by atoms with E-state index in [0.29, 0.717) is 36.8 Å². The normalized spacial score (nSPS) is 16.1. The lowest BCUT2D eigenvalue weighted by atomic mass is 9.78. The molecule has 0 heterocycles. The van der Waals surface area contributed by atoms with E-state index in [-0.39, 0.29) is 17.0 Å². The van der Waals surface area contributed by atoms with Crippen LogP contribution in [0.15, 0.2) is 48.5 Å². The van der Waals surface area contributed by atoms with Crippen molar-refractivity contribution in [2.24, 2.45) is 0 Å². The van der Waals surface area contributed by atoms with Crippen molar-refractivity contribution in [3.63, 3.8) is 0 Å². The van der Waals surface area contributed by atoms with Crippen molar-refractivity contribution in [3.8, 4) is 11.1 Å². The summed E-state index contributed by atoms with van der Waals surface area (Å²) < 4.78 is 56.6. The fraction of sp³-hybridized carbons (Fsp3) is 0.250. The minimum Gasteiger partial charge on any atom is -0.207 e. The SMILES string of the molecule is CCc1cc(F)c(C2CCc3cc(-c4cccc(F)c4F)ccc3C2)c(F)c1. The zero-order chi connectivity index (χ0) is 19.8. The van der Waals surface area contributed by atoms with E-state index in [1.54, 1.807) is 12.1 Å². The zero-order valence-electron chi connectivity index (χ0n) is 15.5. The minimum absolute atomic E-state index is 0.156. The van der Waals surface area contributed by atoms with Crippen molar-refractivity contribution in [1.82, 2.24) is 0 Å². The Balaban J connectivity index is 1.65. The van der Waals surface area contributed by atoms with Crippen molar-refractivity contribution >= 4 is 0 Å². The quantitative estimate of drug-likeness (QED) is 0.439. The van der Waals surface area contributed by atoms with Crippen molar-refractivity contribution in [1.29, 1.82) is 0 Å². The third-order valence-corrected chi connectivity index (χ3v) is 5.65. The summed E-state index contributed by atoms with van der Waals surface area (Å²) in [6.07, 6.45) is 2.36. The lowest BCUT2D eigenvalue weighted by Crippen LogP contribution is -2.16. The van der Waals surface area contributed by atoms with E-state index in [4.69, 9.17) is 0 Å². The fourth-order valence-corrected chi connectivity index (χ4v) is 4.13. The summed E-state index contributed by atoms with van der Waals surface area (Å²) in [5, 5.41) is 0. The maximum Gasteiger partial charge on any atom is 0.166 e. The monoisotopic (exact) mass is 384 g/mol. The van der Waals surface area contributed by atoms with Crippen LogP contribution in [0.5, 0.6) is 0 Å². The summed E-state index contributed by atoms with van der Waals surface area (Å²) in [5.74, 6) is -2.93. The van der Waals surface area contributed by atoms with E-state index < -0.39 is 23.3 Å². The van der Waals surface area contributed by atoms with Crippen LogP contribution in [0, 0.1) is 23.3 Å². The van der Waals surface area contributed by atoms with Gasteiger partial charge < -0.3 is 0 Å². The lowest BCUT2D eigenvalue weighted by Gasteiger charge is -2.26. The van der Waals surface area contributed by atoms with Gasteiger partial charge >= 0.3 is 0 Å². The van der Waals surface area contributed by atoms with Gasteiger partial charge in [0.15, 0.2) is 11.6 Å². The largest absolute Gasteiger partial charge is 0.207 e. The molecule has 0 bridgehead atoms. The number of halogens is 4. The van der Waals surface area contributed by atoms with Gasteiger partial charge in [-0.05, 0) is 72.1 Å². The molecule has 1 aliphatic carbocycles. The summed E-state index contributed by atoms with van der Waals surface area (Å²) in [6, 6.07) is 12.4. The van der Waals surface area contributed by atoms with E-state index in [9.17, 15) is 17.6 Å². The number of aryl methyl sites for hydroxylation is 2. The average molecular weight is 384 g/mol. The first kappa shape index (κ1) is 18.7. The Hall–Kier alpha value is -2.62. The first-order valence-corrected chi connectivity index (χ1v) is 9.52. The summed E-state index contributed by atoms with van der Waals surface area (Å²) in [5.41, 5.74) is 3.65. The van der Waals surface area contributed by atoms with Gasteiger partial charge in [-0.2, -0.15) is 0 Å². The van der Waals surface area contributed by atoms with Crippen LogP contribution in [-0.2, 0) is 19.3 Å². The molecule has 0 aromatic heterocycles. The van der Waals surface area contributed by atoms with E-state index >= 15 is 0 Å². The van der Waals surface area contributed by atoms with Crippen LogP contribution in [0.1, 0.15) is 41.5 Å². The Labute approximate surface area is 161 Å². The molecule has 0 radical (unpaired) electrons. The van der Waals surface area contributed by atoms with Crippen molar-refractivity contribution in [3.05, 3.63) is 94.1 Å². The molecule has 0 amide bonds. The summed E-state index contributed by atoms with van der Waals surface area (Å²) in [4.78, 5) is 0. The van der Waals surface area contributed by atoms with Gasteiger partial charge in [0.25, 0.3) is 0 Å². The molecule has 4 rings (SSSR count). The molecule has 0 saturated carbocycles. The molecule has 0 aliphatic heterocycles. The molecule has 0 fully saturated rings. The third-order valence-electron chi connectivity index (χ3n) is 5.65. The number of rotatable bonds is 3. The Kier molecular flexibility index (Phi) is 4.96. The van der Waals surface area contributed by atoms with E-state index in [1.165, 1.54) is 18.2 Å². The second-order valence-electron chi connectivity index (χ2n) is 7.35.